The number of carboxylic acid groups (broad SMARTS) is 1. The normalized spacial score (nSPS) is 9.11. The number of hydrogen-bond donors (Lipinski definition) is 1. The van der Waals surface area contributed by atoms with Gasteiger partial charge >= 0.3 is 12.1 Å². The molecule has 0 aliphatic heterocycles. The molecule has 0 atom stereocenters. The molecule has 0 aromatic rings. The first-order valence-electron chi connectivity index (χ1n) is 6.00. The first kappa shape index (κ1) is 18.8. The van der Waals surface area contributed by atoms with Gasteiger partial charge < -0.3 is 14.6 Å². The van der Waals surface area contributed by atoms with Crippen molar-refractivity contribution in [3.63, 3.8) is 0 Å². The molecule has 0 unspecified atom stereocenters. The van der Waals surface area contributed by atoms with Gasteiger partial charge in [-0.3, -0.25) is 0 Å². The molecule has 18 heavy (non-hydrogen) atoms. The standard InChI is InChI=1S/C10H20O3.C3H4O2/c1-9(2)7-5-4-6-8-13-10(11)12-3;1-2-3(4)5/h9H,4-8H2,1-3H3;2H,1H2,(H,4,5). The van der Waals surface area contributed by atoms with E-state index in [9.17, 15) is 9.59 Å². The van der Waals surface area contributed by atoms with Gasteiger partial charge in [-0.2, -0.15) is 0 Å². The Hall–Kier alpha value is -1.52. The maximum absolute atomic E-state index is 10.5. The summed E-state index contributed by atoms with van der Waals surface area (Å²) in [5.41, 5.74) is 0. The highest BCUT2D eigenvalue weighted by Crippen LogP contribution is 2.07. The Kier molecular flexibility index (Phi) is 14.2. The van der Waals surface area contributed by atoms with Crippen molar-refractivity contribution in [2.45, 2.75) is 39.5 Å². The van der Waals surface area contributed by atoms with Gasteiger partial charge in [-0.05, 0) is 12.3 Å². The highest BCUT2D eigenvalue weighted by molar-refractivity contribution is 5.78. The van der Waals surface area contributed by atoms with Crippen LogP contribution in [0.1, 0.15) is 39.5 Å². The van der Waals surface area contributed by atoms with Gasteiger partial charge in [0.1, 0.15) is 0 Å². The van der Waals surface area contributed by atoms with Crippen LogP contribution in [0.2, 0.25) is 0 Å². The van der Waals surface area contributed by atoms with Crippen LogP contribution in [-0.2, 0) is 14.3 Å². The fourth-order valence-corrected chi connectivity index (χ4v) is 1.05. The molecule has 0 aromatic carbocycles. The fourth-order valence-electron chi connectivity index (χ4n) is 1.05. The molecule has 0 radical (unpaired) electrons. The summed E-state index contributed by atoms with van der Waals surface area (Å²) < 4.78 is 9.07. The summed E-state index contributed by atoms with van der Waals surface area (Å²) in [5.74, 6) is -0.216. The number of carbonyl (C=O) groups is 2. The number of carbonyl (C=O) groups excluding carboxylic acids is 1. The highest BCUT2D eigenvalue weighted by atomic mass is 16.7. The van der Waals surface area contributed by atoms with Gasteiger partial charge in [0.25, 0.3) is 0 Å². The average Bonchev–Trinajstić information content (AvgIpc) is 2.33. The molecule has 0 rings (SSSR count). The minimum Gasteiger partial charge on any atom is -0.478 e. The fraction of sp³-hybridized carbons (Fsp3) is 0.692. The number of hydrogen-bond acceptors (Lipinski definition) is 4. The van der Waals surface area contributed by atoms with Crippen LogP contribution < -0.4 is 0 Å². The molecular weight excluding hydrogens is 236 g/mol. The minimum atomic E-state index is -0.981. The SMILES string of the molecule is C=CC(=O)O.COC(=O)OCCCCCC(C)C. The van der Waals surface area contributed by atoms with E-state index in [2.05, 4.69) is 25.2 Å². The van der Waals surface area contributed by atoms with Crippen molar-refractivity contribution < 1.29 is 24.2 Å². The van der Waals surface area contributed by atoms with Crippen LogP contribution in [0.15, 0.2) is 12.7 Å². The van der Waals surface area contributed by atoms with Crippen molar-refractivity contribution >= 4 is 12.1 Å². The summed E-state index contributed by atoms with van der Waals surface area (Å²) in [6.07, 6.45) is 4.76. The van der Waals surface area contributed by atoms with Crippen molar-refractivity contribution in [1.29, 1.82) is 0 Å². The predicted molar refractivity (Wildman–Crippen MR) is 69.5 cm³/mol. The zero-order chi connectivity index (χ0) is 14.4. The number of aliphatic carboxylic acids is 1. The molecule has 0 fully saturated rings. The van der Waals surface area contributed by atoms with Crippen LogP contribution in [0.4, 0.5) is 4.79 Å². The maximum atomic E-state index is 10.5. The zero-order valence-corrected chi connectivity index (χ0v) is 11.5. The van der Waals surface area contributed by atoms with E-state index in [1.54, 1.807) is 0 Å². The Labute approximate surface area is 109 Å². The summed E-state index contributed by atoms with van der Waals surface area (Å²) in [7, 11) is 1.32. The summed E-state index contributed by atoms with van der Waals surface area (Å²) in [6.45, 7) is 7.86. The van der Waals surface area contributed by atoms with E-state index in [4.69, 9.17) is 9.84 Å². The molecule has 0 aromatic heterocycles. The van der Waals surface area contributed by atoms with E-state index >= 15 is 0 Å². The molecule has 0 amide bonds. The second kappa shape index (κ2) is 13.5. The molecule has 5 heteroatoms. The van der Waals surface area contributed by atoms with Crippen LogP contribution >= 0.6 is 0 Å². The zero-order valence-electron chi connectivity index (χ0n) is 11.5. The number of methoxy groups -OCH3 is 1. The molecule has 106 valence electrons. The number of unbranched alkanes of at least 4 members (excludes halogenated alkanes) is 2. The van der Waals surface area contributed by atoms with Crippen LogP contribution in [0.5, 0.6) is 0 Å². The van der Waals surface area contributed by atoms with Gasteiger partial charge in [0.2, 0.25) is 0 Å². The first-order valence-corrected chi connectivity index (χ1v) is 6.00. The Bertz CT molecular complexity index is 236. The summed E-state index contributed by atoms with van der Waals surface area (Å²) in [6, 6.07) is 0. The van der Waals surface area contributed by atoms with E-state index in [1.165, 1.54) is 20.0 Å². The van der Waals surface area contributed by atoms with Gasteiger partial charge in [0.15, 0.2) is 0 Å². The second-order valence-corrected chi connectivity index (χ2v) is 4.09. The summed E-state index contributed by atoms with van der Waals surface area (Å²) in [4.78, 5) is 19.8. The van der Waals surface area contributed by atoms with Gasteiger partial charge in [-0.1, -0.05) is 39.7 Å². The second-order valence-electron chi connectivity index (χ2n) is 4.09. The topological polar surface area (TPSA) is 72.8 Å². The van der Waals surface area contributed by atoms with Crippen molar-refractivity contribution in [1.82, 2.24) is 0 Å². The third-order valence-electron chi connectivity index (χ3n) is 1.99. The average molecular weight is 260 g/mol. The van der Waals surface area contributed by atoms with Gasteiger partial charge in [-0.25, -0.2) is 9.59 Å². The van der Waals surface area contributed by atoms with E-state index < -0.39 is 12.1 Å². The van der Waals surface area contributed by atoms with Gasteiger partial charge in [0.05, 0.1) is 13.7 Å². The van der Waals surface area contributed by atoms with Gasteiger partial charge in [-0.15, -0.1) is 0 Å². The Balaban J connectivity index is 0. The Morgan fingerprint density at radius 3 is 2.22 bits per heavy atom. The molecule has 0 heterocycles. The largest absolute Gasteiger partial charge is 0.507 e. The van der Waals surface area contributed by atoms with Crippen molar-refractivity contribution in [2.24, 2.45) is 5.92 Å². The van der Waals surface area contributed by atoms with Crippen LogP contribution in [0, 0.1) is 5.92 Å². The lowest BCUT2D eigenvalue weighted by molar-refractivity contribution is -0.131. The molecule has 0 aliphatic rings. The molecule has 1 N–H and O–H groups in total. The van der Waals surface area contributed by atoms with E-state index in [-0.39, 0.29) is 0 Å². The molecule has 0 aliphatic carbocycles. The van der Waals surface area contributed by atoms with Crippen molar-refractivity contribution in [3.05, 3.63) is 12.7 Å². The van der Waals surface area contributed by atoms with Gasteiger partial charge in [0, 0.05) is 6.08 Å². The lowest BCUT2D eigenvalue weighted by Crippen LogP contribution is -2.05. The lowest BCUT2D eigenvalue weighted by Gasteiger charge is -2.04. The maximum Gasteiger partial charge on any atom is 0.507 e. The van der Waals surface area contributed by atoms with Crippen LogP contribution in [-0.4, -0.2) is 30.9 Å². The van der Waals surface area contributed by atoms with Crippen LogP contribution in [0.3, 0.4) is 0 Å². The monoisotopic (exact) mass is 260 g/mol. The molecule has 5 nitrogen and oxygen atoms in total. The smallest absolute Gasteiger partial charge is 0.478 e. The summed E-state index contributed by atoms with van der Waals surface area (Å²) >= 11 is 0. The van der Waals surface area contributed by atoms with Crippen LogP contribution in [0.25, 0.3) is 0 Å². The Morgan fingerprint density at radius 2 is 1.83 bits per heavy atom. The molecule has 0 bridgehead atoms. The molecule has 0 spiro atoms. The Morgan fingerprint density at radius 1 is 1.28 bits per heavy atom. The predicted octanol–water partition coefficient (Wildman–Crippen LogP) is 3.24. The number of carboxylic acids is 1. The highest BCUT2D eigenvalue weighted by Gasteiger charge is 1.99. The quantitative estimate of drug-likeness (QED) is 0.432. The minimum absolute atomic E-state index is 0.477. The number of rotatable bonds is 7. The number of ether oxygens (including phenoxy) is 2. The van der Waals surface area contributed by atoms with Crippen molar-refractivity contribution in [3.8, 4) is 0 Å². The third-order valence-corrected chi connectivity index (χ3v) is 1.99. The van der Waals surface area contributed by atoms with E-state index in [0.29, 0.717) is 6.61 Å². The van der Waals surface area contributed by atoms with E-state index in [1.807, 2.05) is 0 Å². The summed E-state index contributed by atoms with van der Waals surface area (Å²) in [5, 5.41) is 7.60. The lowest BCUT2D eigenvalue weighted by atomic mass is 10.1. The molecule has 0 saturated carbocycles. The first-order chi connectivity index (χ1) is 8.43. The molecule has 0 saturated heterocycles. The molecular formula is C13H24O5. The van der Waals surface area contributed by atoms with Crippen molar-refractivity contribution in [2.75, 3.05) is 13.7 Å². The van der Waals surface area contributed by atoms with E-state index in [0.717, 1.165) is 24.8 Å². The third kappa shape index (κ3) is 20.0.